The number of Topliss-reactive ketones (excluding diaryl/α,β-unsaturated/α-hetero) is 1. The highest BCUT2D eigenvalue weighted by Crippen LogP contribution is 2.23. The number of nitrogens with one attached hydrogen (secondary N) is 1. The van der Waals surface area contributed by atoms with E-state index in [0.717, 1.165) is 17.7 Å². The third kappa shape index (κ3) is 2.81. The molecule has 0 aliphatic carbocycles. The van der Waals surface area contributed by atoms with Crippen molar-refractivity contribution in [1.82, 2.24) is 4.98 Å². The molecule has 0 atom stereocenters. The molecule has 100 valence electrons. The van der Waals surface area contributed by atoms with Gasteiger partial charge in [0.15, 0.2) is 5.78 Å². The maximum atomic E-state index is 11.9. The lowest BCUT2D eigenvalue weighted by Crippen LogP contribution is -2.09. The molecular formula is C14H21NO3. The molecule has 0 bridgehead atoms. The molecular weight excluding hydrogens is 230 g/mol. The van der Waals surface area contributed by atoms with Crippen LogP contribution in [-0.4, -0.2) is 23.3 Å². The fourth-order valence-corrected chi connectivity index (χ4v) is 2.16. The van der Waals surface area contributed by atoms with Crippen LogP contribution in [0.25, 0.3) is 0 Å². The van der Waals surface area contributed by atoms with Gasteiger partial charge in [-0.1, -0.05) is 20.3 Å². The molecule has 1 N–H and O–H groups in total. The molecule has 0 radical (unpaired) electrons. The normalized spacial score (nSPS) is 10.4. The van der Waals surface area contributed by atoms with Gasteiger partial charge in [0.1, 0.15) is 5.69 Å². The number of hydrogen-bond donors (Lipinski definition) is 1. The van der Waals surface area contributed by atoms with E-state index in [1.54, 1.807) is 6.92 Å². The molecule has 4 nitrogen and oxygen atoms in total. The lowest BCUT2D eigenvalue weighted by atomic mass is 10.00. The van der Waals surface area contributed by atoms with E-state index >= 15 is 0 Å². The van der Waals surface area contributed by atoms with Crippen LogP contribution in [0.3, 0.4) is 0 Å². The van der Waals surface area contributed by atoms with Crippen LogP contribution in [0.5, 0.6) is 0 Å². The second-order valence-electron chi connectivity index (χ2n) is 4.21. The van der Waals surface area contributed by atoms with Crippen molar-refractivity contribution in [3.63, 3.8) is 0 Å². The highest BCUT2D eigenvalue weighted by Gasteiger charge is 2.23. The number of carbonyl (C=O) groups is 2. The summed E-state index contributed by atoms with van der Waals surface area (Å²) >= 11 is 0. The van der Waals surface area contributed by atoms with Gasteiger partial charge in [-0.3, -0.25) is 4.79 Å². The summed E-state index contributed by atoms with van der Waals surface area (Å²) in [7, 11) is 0. The first-order valence-corrected chi connectivity index (χ1v) is 6.48. The Labute approximate surface area is 108 Å². The predicted molar refractivity (Wildman–Crippen MR) is 70.1 cm³/mol. The fraction of sp³-hybridized carbons (Fsp3) is 0.571. The average molecular weight is 251 g/mol. The maximum absolute atomic E-state index is 11.9. The van der Waals surface area contributed by atoms with Crippen molar-refractivity contribution in [2.24, 2.45) is 0 Å². The molecule has 0 fully saturated rings. The van der Waals surface area contributed by atoms with E-state index in [1.807, 2.05) is 13.8 Å². The standard InChI is InChI=1S/C14H21NO3/c1-5-8-10-12(9(4)16)11(6-2)15-13(10)14(17)18-7-3/h15H,5-8H2,1-4H3. The SMILES string of the molecule is CCCc1c(C(=O)OCC)[nH]c(CC)c1C(C)=O. The molecule has 0 aliphatic heterocycles. The van der Waals surface area contributed by atoms with Crippen LogP contribution in [0, 0.1) is 0 Å². The third-order valence-corrected chi connectivity index (χ3v) is 2.87. The van der Waals surface area contributed by atoms with Gasteiger partial charge in [0.2, 0.25) is 0 Å². The number of aromatic amines is 1. The van der Waals surface area contributed by atoms with Crippen LogP contribution < -0.4 is 0 Å². The topological polar surface area (TPSA) is 59.2 Å². The van der Waals surface area contributed by atoms with E-state index < -0.39 is 0 Å². The van der Waals surface area contributed by atoms with Crippen molar-refractivity contribution in [3.05, 3.63) is 22.5 Å². The van der Waals surface area contributed by atoms with Crippen LogP contribution in [0.1, 0.15) is 66.2 Å². The van der Waals surface area contributed by atoms with E-state index in [9.17, 15) is 9.59 Å². The van der Waals surface area contributed by atoms with Gasteiger partial charge in [-0.15, -0.1) is 0 Å². The zero-order valence-electron chi connectivity index (χ0n) is 11.6. The monoisotopic (exact) mass is 251 g/mol. The summed E-state index contributed by atoms with van der Waals surface area (Å²) < 4.78 is 5.03. The zero-order valence-corrected chi connectivity index (χ0v) is 11.6. The summed E-state index contributed by atoms with van der Waals surface area (Å²) in [6, 6.07) is 0. The minimum absolute atomic E-state index is 0.00194. The van der Waals surface area contributed by atoms with Gasteiger partial charge in [-0.05, 0) is 32.3 Å². The van der Waals surface area contributed by atoms with E-state index in [4.69, 9.17) is 4.74 Å². The summed E-state index contributed by atoms with van der Waals surface area (Å²) in [5, 5.41) is 0. The number of esters is 1. The van der Waals surface area contributed by atoms with Gasteiger partial charge in [0, 0.05) is 11.3 Å². The van der Waals surface area contributed by atoms with E-state index in [0.29, 0.717) is 30.7 Å². The number of hydrogen-bond acceptors (Lipinski definition) is 3. The number of carbonyl (C=O) groups excluding carboxylic acids is 2. The first-order chi connectivity index (χ1) is 8.56. The third-order valence-electron chi connectivity index (χ3n) is 2.87. The second-order valence-corrected chi connectivity index (χ2v) is 4.21. The Hall–Kier alpha value is -1.58. The molecule has 0 spiro atoms. The first kappa shape index (κ1) is 14.5. The van der Waals surface area contributed by atoms with Crippen LogP contribution in [-0.2, 0) is 17.6 Å². The number of aromatic nitrogens is 1. The van der Waals surface area contributed by atoms with Gasteiger partial charge in [0.25, 0.3) is 0 Å². The summed E-state index contributed by atoms with van der Waals surface area (Å²) in [6.07, 6.45) is 2.29. The Morgan fingerprint density at radius 1 is 1.22 bits per heavy atom. The minimum Gasteiger partial charge on any atom is -0.461 e. The molecule has 4 heteroatoms. The number of ketones is 1. The van der Waals surface area contributed by atoms with Gasteiger partial charge < -0.3 is 9.72 Å². The van der Waals surface area contributed by atoms with Crippen LogP contribution in [0.2, 0.25) is 0 Å². The molecule has 1 aromatic rings. The zero-order chi connectivity index (χ0) is 13.7. The fourth-order valence-electron chi connectivity index (χ4n) is 2.16. The van der Waals surface area contributed by atoms with Gasteiger partial charge in [-0.25, -0.2) is 4.79 Å². The van der Waals surface area contributed by atoms with Crippen LogP contribution in [0.15, 0.2) is 0 Å². The molecule has 0 saturated heterocycles. The van der Waals surface area contributed by atoms with Crippen molar-refractivity contribution < 1.29 is 14.3 Å². The van der Waals surface area contributed by atoms with E-state index in [1.165, 1.54) is 6.92 Å². The average Bonchev–Trinajstić information content (AvgIpc) is 2.68. The Balaban J connectivity index is 3.32. The van der Waals surface area contributed by atoms with E-state index in [2.05, 4.69) is 4.98 Å². The summed E-state index contributed by atoms with van der Waals surface area (Å²) in [5.41, 5.74) is 2.75. The Kier molecular flexibility index (Phi) is 5.13. The molecule has 0 aromatic carbocycles. The van der Waals surface area contributed by atoms with Crippen molar-refractivity contribution in [2.75, 3.05) is 6.61 Å². The van der Waals surface area contributed by atoms with Gasteiger partial charge >= 0.3 is 5.97 Å². The summed E-state index contributed by atoms with van der Waals surface area (Å²) in [6.45, 7) is 7.63. The van der Waals surface area contributed by atoms with Crippen molar-refractivity contribution in [2.45, 2.75) is 47.0 Å². The van der Waals surface area contributed by atoms with Gasteiger partial charge in [-0.2, -0.15) is 0 Å². The minimum atomic E-state index is -0.372. The van der Waals surface area contributed by atoms with Crippen LogP contribution >= 0.6 is 0 Å². The smallest absolute Gasteiger partial charge is 0.355 e. The molecule has 0 unspecified atom stereocenters. The first-order valence-electron chi connectivity index (χ1n) is 6.48. The van der Waals surface area contributed by atoms with E-state index in [-0.39, 0.29) is 11.8 Å². The molecule has 0 aliphatic rings. The number of aryl methyl sites for hydroxylation is 1. The number of rotatable bonds is 6. The molecule has 18 heavy (non-hydrogen) atoms. The lowest BCUT2D eigenvalue weighted by Gasteiger charge is -2.04. The number of ether oxygens (including phenoxy) is 1. The lowest BCUT2D eigenvalue weighted by molar-refractivity contribution is 0.0519. The number of H-pyrrole nitrogens is 1. The quantitative estimate of drug-likeness (QED) is 0.624. The molecule has 1 aromatic heterocycles. The Morgan fingerprint density at radius 2 is 1.89 bits per heavy atom. The highest BCUT2D eigenvalue weighted by atomic mass is 16.5. The largest absolute Gasteiger partial charge is 0.461 e. The summed E-state index contributed by atoms with van der Waals surface area (Å²) in [4.78, 5) is 26.7. The van der Waals surface area contributed by atoms with Crippen molar-refractivity contribution in [1.29, 1.82) is 0 Å². The molecule has 1 heterocycles. The Bertz CT molecular complexity index is 446. The van der Waals surface area contributed by atoms with Crippen LogP contribution in [0.4, 0.5) is 0 Å². The highest BCUT2D eigenvalue weighted by molar-refractivity contribution is 6.01. The second kappa shape index (κ2) is 6.38. The molecule has 0 amide bonds. The van der Waals surface area contributed by atoms with Crippen molar-refractivity contribution >= 4 is 11.8 Å². The molecule has 1 rings (SSSR count). The Morgan fingerprint density at radius 3 is 2.33 bits per heavy atom. The van der Waals surface area contributed by atoms with Crippen molar-refractivity contribution in [3.8, 4) is 0 Å². The summed E-state index contributed by atoms with van der Waals surface area (Å²) in [5.74, 6) is -0.370. The molecule has 0 saturated carbocycles. The van der Waals surface area contributed by atoms with Gasteiger partial charge in [0.05, 0.1) is 6.61 Å². The maximum Gasteiger partial charge on any atom is 0.355 e. The predicted octanol–water partition coefficient (Wildman–Crippen LogP) is 2.91.